The van der Waals surface area contributed by atoms with Crippen LogP contribution in [0.4, 0.5) is 22.7 Å². The fourth-order valence-corrected chi connectivity index (χ4v) is 3.53. The number of rotatable bonds is 14. The molecule has 0 radical (unpaired) electrons. The van der Waals surface area contributed by atoms with Crippen LogP contribution in [0.1, 0.15) is 62.5 Å². The highest BCUT2D eigenvalue weighted by molar-refractivity contribution is 5.57. The van der Waals surface area contributed by atoms with E-state index in [1.165, 1.54) is 36.8 Å². The van der Waals surface area contributed by atoms with E-state index >= 15 is 0 Å². The maximum Gasteiger partial charge on any atom is 0.0466 e. The highest BCUT2D eigenvalue weighted by Gasteiger charge is 2.01. The first kappa shape index (κ1) is 22.9. The zero-order valence-corrected chi connectivity index (χ0v) is 17.7. The fraction of sp³-hybridized carbons (Fsp3) is 0.500. The Bertz CT molecular complexity index is 671. The first-order valence-corrected chi connectivity index (χ1v) is 10.9. The lowest BCUT2D eigenvalue weighted by Gasteiger charge is -2.08. The van der Waals surface area contributed by atoms with E-state index in [4.69, 9.17) is 27.7 Å². The van der Waals surface area contributed by atoms with E-state index in [0.29, 0.717) is 0 Å². The van der Waals surface area contributed by atoms with Gasteiger partial charge in [-0.2, -0.15) is 0 Å². The summed E-state index contributed by atoms with van der Waals surface area (Å²) in [6.07, 6.45) is 11.5. The van der Waals surface area contributed by atoms with Crippen molar-refractivity contribution in [2.75, 3.05) is 36.1 Å². The Labute approximate surface area is 175 Å². The summed E-state index contributed by atoms with van der Waals surface area (Å²) in [4.78, 5) is 0. The molecule has 0 fully saturated rings. The highest BCUT2D eigenvalue weighted by atomic mass is 16.5. The van der Waals surface area contributed by atoms with Crippen LogP contribution in [0.25, 0.3) is 0 Å². The monoisotopic (exact) mass is 398 g/mol. The molecule has 0 aromatic heterocycles. The summed E-state index contributed by atoms with van der Waals surface area (Å²) in [6.45, 7) is 1.73. The second-order valence-electron chi connectivity index (χ2n) is 7.86. The minimum atomic E-state index is 0.731. The Kier molecular flexibility index (Phi) is 10.2. The van der Waals surface area contributed by atoms with Gasteiger partial charge in [-0.15, -0.1) is 0 Å². The standard InChI is InChI=1S/C24H38N4O/c25-21-13-11-19(23(27)17-21)9-5-1-3-7-15-29-16-8-4-2-6-10-20-12-14-22(26)18-24(20)28/h11-14,17-18H,1-10,15-16,25-28H2. The molecular weight excluding hydrogens is 360 g/mol. The van der Waals surface area contributed by atoms with E-state index in [9.17, 15) is 0 Å². The van der Waals surface area contributed by atoms with Gasteiger partial charge < -0.3 is 27.7 Å². The van der Waals surface area contributed by atoms with Crippen LogP contribution in [-0.2, 0) is 17.6 Å². The second-order valence-corrected chi connectivity index (χ2v) is 7.86. The first-order chi connectivity index (χ1) is 14.1. The van der Waals surface area contributed by atoms with Gasteiger partial charge in [-0.05, 0) is 73.9 Å². The Morgan fingerprint density at radius 2 is 0.931 bits per heavy atom. The van der Waals surface area contributed by atoms with E-state index in [2.05, 4.69) is 0 Å². The number of ether oxygens (including phenoxy) is 1. The maximum atomic E-state index is 5.99. The predicted molar refractivity (Wildman–Crippen MR) is 126 cm³/mol. The number of nitrogens with two attached hydrogens (primary N) is 4. The van der Waals surface area contributed by atoms with Gasteiger partial charge in [-0.1, -0.05) is 37.8 Å². The maximum absolute atomic E-state index is 5.99. The van der Waals surface area contributed by atoms with Crippen LogP contribution in [-0.4, -0.2) is 13.2 Å². The molecule has 0 atom stereocenters. The van der Waals surface area contributed by atoms with Gasteiger partial charge in [0.2, 0.25) is 0 Å². The number of hydrogen-bond acceptors (Lipinski definition) is 5. The molecule has 0 heterocycles. The van der Waals surface area contributed by atoms with E-state index in [1.54, 1.807) is 0 Å². The number of benzene rings is 2. The smallest absolute Gasteiger partial charge is 0.0466 e. The van der Waals surface area contributed by atoms with E-state index in [-0.39, 0.29) is 0 Å². The van der Waals surface area contributed by atoms with Crippen molar-refractivity contribution < 1.29 is 4.74 Å². The summed E-state index contributed by atoms with van der Waals surface area (Å²) >= 11 is 0. The van der Waals surface area contributed by atoms with E-state index in [0.717, 1.165) is 74.5 Å². The van der Waals surface area contributed by atoms with Crippen LogP contribution in [0.5, 0.6) is 0 Å². The average molecular weight is 399 g/mol. The molecule has 0 saturated carbocycles. The summed E-state index contributed by atoms with van der Waals surface area (Å²) < 4.78 is 5.76. The number of hydrogen-bond donors (Lipinski definition) is 4. The third kappa shape index (κ3) is 9.09. The van der Waals surface area contributed by atoms with Crippen molar-refractivity contribution in [3.63, 3.8) is 0 Å². The molecule has 0 aliphatic rings. The summed E-state index contributed by atoms with van der Waals surface area (Å²) in [5.41, 5.74) is 28.9. The molecule has 0 bridgehead atoms. The molecule has 0 unspecified atom stereocenters. The molecule has 0 spiro atoms. The highest BCUT2D eigenvalue weighted by Crippen LogP contribution is 2.19. The molecule has 2 aromatic carbocycles. The van der Waals surface area contributed by atoms with Gasteiger partial charge in [0.05, 0.1) is 0 Å². The molecule has 0 aliphatic carbocycles. The lowest BCUT2D eigenvalue weighted by Crippen LogP contribution is -1.99. The van der Waals surface area contributed by atoms with Crippen molar-refractivity contribution in [3.8, 4) is 0 Å². The molecule has 29 heavy (non-hydrogen) atoms. The quantitative estimate of drug-likeness (QED) is 0.266. The lowest BCUT2D eigenvalue weighted by atomic mass is 10.0. The third-order valence-electron chi connectivity index (χ3n) is 5.31. The van der Waals surface area contributed by atoms with Crippen LogP contribution < -0.4 is 22.9 Å². The van der Waals surface area contributed by atoms with Gasteiger partial charge in [0.25, 0.3) is 0 Å². The van der Waals surface area contributed by atoms with Gasteiger partial charge >= 0.3 is 0 Å². The Hall–Kier alpha value is -2.40. The minimum Gasteiger partial charge on any atom is -0.399 e. The van der Waals surface area contributed by atoms with Gasteiger partial charge in [-0.25, -0.2) is 0 Å². The normalized spacial score (nSPS) is 11.0. The minimum absolute atomic E-state index is 0.731. The average Bonchev–Trinajstić information content (AvgIpc) is 2.68. The molecular formula is C24H38N4O. The molecule has 0 saturated heterocycles. The first-order valence-electron chi connectivity index (χ1n) is 10.9. The van der Waals surface area contributed by atoms with Crippen molar-refractivity contribution in [2.45, 2.75) is 64.2 Å². The summed E-state index contributed by atoms with van der Waals surface area (Å²) in [5.74, 6) is 0. The van der Waals surface area contributed by atoms with Crippen molar-refractivity contribution in [3.05, 3.63) is 47.5 Å². The summed E-state index contributed by atoms with van der Waals surface area (Å²) in [6, 6.07) is 11.6. The van der Waals surface area contributed by atoms with Gasteiger partial charge in [0.1, 0.15) is 0 Å². The number of nitrogen functional groups attached to an aromatic ring is 4. The van der Waals surface area contributed by atoms with Gasteiger partial charge in [0, 0.05) is 36.0 Å². The van der Waals surface area contributed by atoms with E-state index < -0.39 is 0 Å². The third-order valence-corrected chi connectivity index (χ3v) is 5.31. The van der Waals surface area contributed by atoms with Gasteiger partial charge in [0.15, 0.2) is 0 Å². The molecule has 5 heteroatoms. The second kappa shape index (κ2) is 12.9. The zero-order valence-electron chi connectivity index (χ0n) is 17.7. The lowest BCUT2D eigenvalue weighted by molar-refractivity contribution is 0.125. The molecule has 2 aromatic rings. The van der Waals surface area contributed by atoms with Crippen LogP contribution in [0.15, 0.2) is 36.4 Å². The number of aryl methyl sites for hydroxylation is 2. The van der Waals surface area contributed by atoms with Crippen LogP contribution in [0.3, 0.4) is 0 Å². The van der Waals surface area contributed by atoms with E-state index in [1.807, 2.05) is 36.4 Å². The number of anilines is 4. The fourth-order valence-electron chi connectivity index (χ4n) is 3.53. The van der Waals surface area contributed by atoms with Gasteiger partial charge in [-0.3, -0.25) is 0 Å². The summed E-state index contributed by atoms with van der Waals surface area (Å²) in [7, 11) is 0. The molecule has 0 amide bonds. The Morgan fingerprint density at radius 3 is 1.34 bits per heavy atom. The largest absolute Gasteiger partial charge is 0.399 e. The molecule has 0 aliphatic heterocycles. The Morgan fingerprint density at radius 1 is 0.517 bits per heavy atom. The van der Waals surface area contributed by atoms with Crippen molar-refractivity contribution in [2.24, 2.45) is 0 Å². The van der Waals surface area contributed by atoms with Crippen molar-refractivity contribution in [1.82, 2.24) is 0 Å². The molecule has 2 rings (SSSR count). The molecule has 160 valence electrons. The van der Waals surface area contributed by atoms with Crippen LogP contribution in [0, 0.1) is 0 Å². The summed E-state index contributed by atoms with van der Waals surface area (Å²) in [5, 5.41) is 0. The molecule has 5 nitrogen and oxygen atoms in total. The Balaban J connectivity index is 1.38. The molecule has 8 N–H and O–H groups in total. The SMILES string of the molecule is Nc1ccc(CCCCCCOCCCCCCc2ccc(N)cc2N)c(N)c1. The zero-order chi connectivity index (χ0) is 20.9. The van der Waals surface area contributed by atoms with Crippen molar-refractivity contribution >= 4 is 22.7 Å². The van der Waals surface area contributed by atoms with Crippen LogP contribution >= 0.6 is 0 Å². The van der Waals surface area contributed by atoms with Crippen LogP contribution in [0.2, 0.25) is 0 Å². The van der Waals surface area contributed by atoms with Crippen molar-refractivity contribution in [1.29, 1.82) is 0 Å². The topological polar surface area (TPSA) is 113 Å². The predicted octanol–water partition coefficient (Wildman–Crippen LogP) is 4.94. The number of unbranched alkanes of at least 4 members (excludes halogenated alkanes) is 6.